The number of carbonyl (C=O) groups excluding carboxylic acids is 1. The van der Waals surface area contributed by atoms with Gasteiger partial charge in [0.1, 0.15) is 5.82 Å². The lowest BCUT2D eigenvalue weighted by atomic mass is 9.70. The maximum atomic E-state index is 12.2. The normalized spacial score (nSPS) is 15.8. The summed E-state index contributed by atoms with van der Waals surface area (Å²) in [4.78, 5) is 23.6. The van der Waals surface area contributed by atoms with Crippen LogP contribution in [0.3, 0.4) is 0 Å². The van der Waals surface area contributed by atoms with E-state index in [2.05, 4.69) is 49.8 Å². The molecule has 1 aliphatic heterocycles. The molecule has 150 valence electrons. The molecule has 0 bridgehead atoms. The van der Waals surface area contributed by atoms with Gasteiger partial charge in [0.2, 0.25) is 0 Å². The molecule has 7 heteroatoms. The van der Waals surface area contributed by atoms with Crippen LogP contribution in [0.2, 0.25) is 0 Å². The maximum absolute atomic E-state index is 12.2. The Kier molecular flexibility index (Phi) is 5.49. The van der Waals surface area contributed by atoms with Crippen molar-refractivity contribution in [3.63, 3.8) is 0 Å². The number of pyridine rings is 1. The van der Waals surface area contributed by atoms with Crippen molar-refractivity contribution in [1.29, 1.82) is 0 Å². The summed E-state index contributed by atoms with van der Waals surface area (Å²) in [6.45, 7) is 4.19. The molecule has 4 rings (SSSR count). The zero-order valence-corrected chi connectivity index (χ0v) is 17.3. The van der Waals surface area contributed by atoms with Gasteiger partial charge in [0, 0.05) is 42.2 Å². The highest BCUT2D eigenvalue weighted by Crippen LogP contribution is 2.42. The summed E-state index contributed by atoms with van der Waals surface area (Å²) in [6, 6.07) is 14.2. The summed E-state index contributed by atoms with van der Waals surface area (Å²) in [5.41, 5.74) is 8.78. The number of aromatic nitrogens is 2. The Bertz CT molecular complexity index is 980. The van der Waals surface area contributed by atoms with Crippen LogP contribution in [0.4, 0.5) is 10.9 Å². The van der Waals surface area contributed by atoms with E-state index in [9.17, 15) is 4.79 Å². The zero-order chi connectivity index (χ0) is 20.3. The quantitative estimate of drug-likeness (QED) is 0.677. The van der Waals surface area contributed by atoms with E-state index in [4.69, 9.17) is 5.73 Å². The van der Waals surface area contributed by atoms with Gasteiger partial charge in [-0.25, -0.2) is 9.97 Å². The second-order valence-electron chi connectivity index (χ2n) is 7.27. The summed E-state index contributed by atoms with van der Waals surface area (Å²) in [6.07, 6.45) is 3.53. The van der Waals surface area contributed by atoms with Gasteiger partial charge in [-0.1, -0.05) is 30.3 Å². The number of hydrogen-bond donors (Lipinski definition) is 2. The van der Waals surface area contributed by atoms with Crippen molar-refractivity contribution in [2.75, 3.05) is 30.3 Å². The van der Waals surface area contributed by atoms with Gasteiger partial charge in [0.25, 0.3) is 5.91 Å². The summed E-state index contributed by atoms with van der Waals surface area (Å²) in [5.74, 6) is 0.776. The number of thiazole rings is 1. The van der Waals surface area contributed by atoms with Crippen molar-refractivity contribution in [3.8, 4) is 0 Å². The molecule has 1 amide bonds. The lowest BCUT2D eigenvalue weighted by Gasteiger charge is -2.42. The van der Waals surface area contributed by atoms with Gasteiger partial charge in [-0.15, -0.1) is 11.3 Å². The summed E-state index contributed by atoms with van der Waals surface area (Å²) >= 11 is 1.49. The summed E-state index contributed by atoms with van der Waals surface area (Å²) < 4.78 is 0. The zero-order valence-electron chi connectivity index (χ0n) is 16.5. The van der Waals surface area contributed by atoms with Crippen LogP contribution in [-0.2, 0) is 5.41 Å². The van der Waals surface area contributed by atoms with Crippen LogP contribution in [0.25, 0.3) is 0 Å². The number of nitrogens with one attached hydrogen (secondary N) is 1. The first-order chi connectivity index (χ1) is 14.1. The minimum atomic E-state index is -0.150. The minimum Gasteiger partial charge on any atom is -0.375 e. The molecule has 0 atom stereocenters. The average molecular weight is 408 g/mol. The number of benzene rings is 1. The Labute approximate surface area is 174 Å². The molecule has 3 heterocycles. The maximum Gasteiger partial charge on any atom is 0.251 e. The fraction of sp³-hybridized carbons (Fsp3) is 0.318. The van der Waals surface area contributed by atoms with E-state index in [0.29, 0.717) is 17.2 Å². The Morgan fingerprint density at radius 3 is 2.66 bits per heavy atom. The highest BCUT2D eigenvalue weighted by atomic mass is 32.1. The van der Waals surface area contributed by atoms with Crippen LogP contribution in [-0.4, -0.2) is 35.5 Å². The third-order valence-corrected chi connectivity index (χ3v) is 6.30. The van der Waals surface area contributed by atoms with E-state index >= 15 is 0 Å². The largest absolute Gasteiger partial charge is 0.375 e. The second kappa shape index (κ2) is 8.21. The van der Waals surface area contributed by atoms with Crippen molar-refractivity contribution in [2.45, 2.75) is 25.2 Å². The van der Waals surface area contributed by atoms with Crippen LogP contribution in [0.5, 0.6) is 0 Å². The van der Waals surface area contributed by atoms with E-state index in [1.54, 1.807) is 12.3 Å². The SMILES string of the molecule is CCNC(=O)c1ccnc(N2CCC(c3ccccc3)(c3csc(N)n3)CC2)c1. The van der Waals surface area contributed by atoms with Crippen molar-refractivity contribution >= 4 is 28.2 Å². The van der Waals surface area contributed by atoms with E-state index in [1.165, 1.54) is 16.9 Å². The fourth-order valence-corrected chi connectivity index (χ4v) is 4.73. The number of carbonyl (C=O) groups is 1. The third-order valence-electron chi connectivity index (χ3n) is 5.62. The minimum absolute atomic E-state index is 0.0651. The number of rotatable bonds is 5. The Balaban J connectivity index is 1.59. The van der Waals surface area contributed by atoms with Gasteiger partial charge in [0.15, 0.2) is 5.13 Å². The lowest BCUT2D eigenvalue weighted by Crippen LogP contribution is -2.44. The highest BCUT2D eigenvalue weighted by molar-refractivity contribution is 7.13. The van der Waals surface area contributed by atoms with Crippen molar-refractivity contribution < 1.29 is 4.79 Å². The van der Waals surface area contributed by atoms with Gasteiger partial charge in [-0.05, 0) is 37.5 Å². The van der Waals surface area contributed by atoms with Crippen LogP contribution >= 0.6 is 11.3 Å². The van der Waals surface area contributed by atoms with Crippen molar-refractivity contribution in [2.24, 2.45) is 0 Å². The monoisotopic (exact) mass is 407 g/mol. The molecular weight excluding hydrogens is 382 g/mol. The van der Waals surface area contributed by atoms with Gasteiger partial charge < -0.3 is 16.0 Å². The van der Waals surface area contributed by atoms with Gasteiger partial charge in [0.05, 0.1) is 5.69 Å². The fourth-order valence-electron chi connectivity index (χ4n) is 4.07. The molecule has 3 N–H and O–H groups in total. The van der Waals surface area contributed by atoms with Crippen LogP contribution in [0.15, 0.2) is 54.0 Å². The molecule has 3 aromatic rings. The molecule has 2 aromatic heterocycles. The molecule has 29 heavy (non-hydrogen) atoms. The first-order valence-electron chi connectivity index (χ1n) is 9.88. The molecule has 0 saturated carbocycles. The molecule has 1 aliphatic rings. The number of piperidine rings is 1. The first-order valence-corrected chi connectivity index (χ1v) is 10.8. The molecule has 1 aromatic carbocycles. The van der Waals surface area contributed by atoms with Gasteiger partial charge in [-0.2, -0.15) is 0 Å². The number of hydrogen-bond acceptors (Lipinski definition) is 6. The molecule has 6 nitrogen and oxygen atoms in total. The standard InChI is InChI=1S/C22H25N5OS/c1-2-24-20(28)16-8-11-25-19(14-16)27-12-9-22(10-13-27,17-6-4-3-5-7-17)18-15-29-21(23)26-18/h3-8,11,14-15H,2,9-10,12-13H2,1H3,(H2,23,26)(H,24,28). The molecule has 1 fully saturated rings. The summed E-state index contributed by atoms with van der Waals surface area (Å²) in [5, 5.41) is 5.54. The van der Waals surface area contributed by atoms with Crippen molar-refractivity contribution in [3.05, 3.63) is 70.9 Å². The molecule has 0 spiro atoms. The summed E-state index contributed by atoms with van der Waals surface area (Å²) in [7, 11) is 0. The molecule has 1 saturated heterocycles. The van der Waals surface area contributed by atoms with Crippen LogP contribution in [0, 0.1) is 0 Å². The van der Waals surface area contributed by atoms with E-state index in [-0.39, 0.29) is 11.3 Å². The molecule has 0 unspecified atom stereocenters. The van der Waals surface area contributed by atoms with E-state index in [0.717, 1.165) is 37.4 Å². The smallest absolute Gasteiger partial charge is 0.251 e. The number of anilines is 2. The molecular formula is C22H25N5OS. The average Bonchev–Trinajstić information content (AvgIpc) is 3.21. The van der Waals surface area contributed by atoms with Crippen LogP contribution in [0.1, 0.15) is 41.4 Å². The Morgan fingerprint density at radius 2 is 2.00 bits per heavy atom. The highest BCUT2D eigenvalue weighted by Gasteiger charge is 2.40. The topological polar surface area (TPSA) is 84.1 Å². The Hall–Kier alpha value is -2.93. The second-order valence-corrected chi connectivity index (χ2v) is 8.16. The van der Waals surface area contributed by atoms with Crippen molar-refractivity contribution in [1.82, 2.24) is 15.3 Å². The number of nitrogen functional groups attached to an aromatic ring is 1. The van der Waals surface area contributed by atoms with E-state index in [1.807, 2.05) is 19.1 Å². The third kappa shape index (κ3) is 3.82. The number of amides is 1. The molecule has 0 aliphatic carbocycles. The number of nitrogens with two attached hydrogens (primary N) is 1. The predicted molar refractivity (Wildman–Crippen MR) is 117 cm³/mol. The first kappa shape index (κ1) is 19.4. The van der Waals surface area contributed by atoms with E-state index < -0.39 is 0 Å². The van der Waals surface area contributed by atoms with Gasteiger partial charge >= 0.3 is 0 Å². The number of nitrogens with zero attached hydrogens (tertiary/aromatic N) is 3. The lowest BCUT2D eigenvalue weighted by molar-refractivity contribution is 0.0955. The van der Waals surface area contributed by atoms with Crippen LogP contribution < -0.4 is 16.0 Å². The Morgan fingerprint density at radius 1 is 1.24 bits per heavy atom. The predicted octanol–water partition coefficient (Wildman–Crippen LogP) is 3.46. The molecule has 0 radical (unpaired) electrons. The van der Waals surface area contributed by atoms with Gasteiger partial charge in [-0.3, -0.25) is 4.79 Å².